The van der Waals surface area contributed by atoms with Crippen molar-refractivity contribution in [1.82, 2.24) is 4.98 Å². The SMILES string of the molecule is N=C/C(C(N)=O)=C(\c1ccc[nH]1)c1ccccc1N. The summed E-state index contributed by atoms with van der Waals surface area (Å²) in [5.74, 6) is -0.664. The minimum atomic E-state index is -0.664. The molecule has 0 spiro atoms. The third-order valence-electron chi connectivity index (χ3n) is 2.78. The number of rotatable bonds is 4. The lowest BCUT2D eigenvalue weighted by atomic mass is 9.95. The molecule has 2 aromatic rings. The fraction of sp³-hybridized carbons (Fsp3) is 0. The zero-order chi connectivity index (χ0) is 13.8. The Balaban J connectivity index is 2.76. The number of hydrogen-bond acceptors (Lipinski definition) is 3. The van der Waals surface area contributed by atoms with Crippen LogP contribution in [0.5, 0.6) is 0 Å². The summed E-state index contributed by atoms with van der Waals surface area (Å²) in [6.07, 6.45) is 2.68. The smallest absolute Gasteiger partial charge is 0.250 e. The summed E-state index contributed by atoms with van der Waals surface area (Å²) in [5, 5.41) is 7.40. The molecule has 1 aromatic heterocycles. The number of hydrogen-bond donors (Lipinski definition) is 4. The van der Waals surface area contributed by atoms with Gasteiger partial charge >= 0.3 is 0 Å². The van der Waals surface area contributed by atoms with Crippen LogP contribution in [-0.4, -0.2) is 17.1 Å². The summed E-state index contributed by atoms with van der Waals surface area (Å²) in [6.45, 7) is 0. The monoisotopic (exact) mass is 254 g/mol. The topological polar surface area (TPSA) is 109 Å². The first-order valence-electron chi connectivity index (χ1n) is 5.68. The predicted octanol–water partition coefficient (Wildman–Crippen LogP) is 1.53. The van der Waals surface area contributed by atoms with E-state index >= 15 is 0 Å². The van der Waals surface area contributed by atoms with Gasteiger partial charge in [-0.05, 0) is 18.2 Å². The van der Waals surface area contributed by atoms with E-state index in [1.54, 1.807) is 36.5 Å². The molecule has 5 heteroatoms. The molecule has 19 heavy (non-hydrogen) atoms. The number of nitrogen functional groups attached to an aromatic ring is 1. The molecule has 2 rings (SSSR count). The van der Waals surface area contributed by atoms with Gasteiger partial charge in [-0.1, -0.05) is 18.2 Å². The van der Waals surface area contributed by atoms with E-state index in [0.717, 1.165) is 6.21 Å². The number of benzene rings is 1. The van der Waals surface area contributed by atoms with Crippen molar-refractivity contribution in [3.05, 3.63) is 59.4 Å². The number of carbonyl (C=O) groups excluding carboxylic acids is 1. The molecule has 0 unspecified atom stereocenters. The number of nitrogens with two attached hydrogens (primary N) is 2. The van der Waals surface area contributed by atoms with E-state index in [2.05, 4.69) is 4.98 Å². The zero-order valence-corrected chi connectivity index (χ0v) is 10.2. The first kappa shape index (κ1) is 12.6. The van der Waals surface area contributed by atoms with Crippen LogP contribution < -0.4 is 11.5 Å². The Kier molecular flexibility index (Phi) is 3.47. The normalized spacial score (nSPS) is 11.8. The van der Waals surface area contributed by atoms with E-state index in [-0.39, 0.29) is 5.57 Å². The summed E-state index contributed by atoms with van der Waals surface area (Å²) in [7, 11) is 0. The van der Waals surface area contributed by atoms with Crippen molar-refractivity contribution in [2.45, 2.75) is 0 Å². The Morgan fingerprint density at radius 1 is 1.21 bits per heavy atom. The fourth-order valence-corrected chi connectivity index (χ4v) is 1.91. The van der Waals surface area contributed by atoms with Crippen molar-refractivity contribution in [3.63, 3.8) is 0 Å². The van der Waals surface area contributed by atoms with Gasteiger partial charge in [-0.25, -0.2) is 0 Å². The predicted molar refractivity (Wildman–Crippen MR) is 75.6 cm³/mol. The van der Waals surface area contributed by atoms with Crippen LogP contribution in [0.1, 0.15) is 11.3 Å². The first-order chi connectivity index (χ1) is 9.15. The van der Waals surface area contributed by atoms with Gasteiger partial charge in [0.1, 0.15) is 0 Å². The van der Waals surface area contributed by atoms with Gasteiger partial charge in [0.2, 0.25) is 0 Å². The quantitative estimate of drug-likeness (QED) is 0.377. The van der Waals surface area contributed by atoms with Crippen molar-refractivity contribution in [2.24, 2.45) is 5.73 Å². The summed E-state index contributed by atoms with van der Waals surface area (Å²) >= 11 is 0. The number of primary amides is 1. The van der Waals surface area contributed by atoms with E-state index in [0.29, 0.717) is 22.5 Å². The maximum absolute atomic E-state index is 11.5. The second kappa shape index (κ2) is 5.22. The zero-order valence-electron chi connectivity index (χ0n) is 10.2. The lowest BCUT2D eigenvalue weighted by Gasteiger charge is -2.12. The highest BCUT2D eigenvalue weighted by atomic mass is 16.1. The number of H-pyrrole nitrogens is 1. The molecule has 0 aliphatic carbocycles. The number of aromatic nitrogens is 1. The highest BCUT2D eigenvalue weighted by Gasteiger charge is 2.17. The van der Waals surface area contributed by atoms with Gasteiger partial charge in [0.15, 0.2) is 0 Å². The Morgan fingerprint density at radius 2 is 1.95 bits per heavy atom. The van der Waals surface area contributed by atoms with Crippen LogP contribution in [0.3, 0.4) is 0 Å². The van der Waals surface area contributed by atoms with Gasteiger partial charge in [-0.2, -0.15) is 0 Å². The van der Waals surface area contributed by atoms with E-state index in [1.165, 1.54) is 0 Å². The van der Waals surface area contributed by atoms with Crippen LogP contribution in [0.15, 0.2) is 48.2 Å². The number of anilines is 1. The average molecular weight is 254 g/mol. The van der Waals surface area contributed by atoms with Crippen molar-refractivity contribution in [3.8, 4) is 0 Å². The van der Waals surface area contributed by atoms with E-state index in [1.807, 2.05) is 6.07 Å². The second-order valence-corrected chi connectivity index (χ2v) is 3.97. The standard InChI is InChI=1S/C14H14N4O/c15-8-10(14(17)19)13(12-6-3-7-18-12)9-4-1-2-5-11(9)16/h1-8,15,18H,16H2,(H2,17,19)/b13-10+,15-8?. The molecule has 5 nitrogen and oxygen atoms in total. The van der Waals surface area contributed by atoms with Crippen LogP contribution >= 0.6 is 0 Å². The van der Waals surface area contributed by atoms with Gasteiger partial charge < -0.3 is 21.9 Å². The number of aromatic amines is 1. The Hall–Kier alpha value is -2.82. The number of nitrogens with one attached hydrogen (secondary N) is 2. The lowest BCUT2D eigenvalue weighted by Crippen LogP contribution is -2.17. The Morgan fingerprint density at radius 3 is 2.47 bits per heavy atom. The van der Waals surface area contributed by atoms with Crippen LogP contribution in [-0.2, 0) is 4.79 Å². The minimum absolute atomic E-state index is 0.111. The molecule has 0 fully saturated rings. The van der Waals surface area contributed by atoms with Crippen molar-refractivity contribution in [1.29, 1.82) is 5.41 Å². The molecule has 1 heterocycles. The largest absolute Gasteiger partial charge is 0.398 e. The van der Waals surface area contributed by atoms with Crippen molar-refractivity contribution in [2.75, 3.05) is 5.73 Å². The van der Waals surface area contributed by atoms with Gasteiger partial charge in [-0.15, -0.1) is 0 Å². The van der Waals surface area contributed by atoms with E-state index < -0.39 is 5.91 Å². The minimum Gasteiger partial charge on any atom is -0.398 e. The molecule has 0 bridgehead atoms. The molecule has 96 valence electrons. The van der Waals surface area contributed by atoms with Gasteiger partial charge in [0.25, 0.3) is 5.91 Å². The summed E-state index contributed by atoms with van der Waals surface area (Å²) in [5.41, 5.74) is 13.8. The maximum Gasteiger partial charge on any atom is 0.250 e. The number of para-hydroxylation sites is 1. The van der Waals surface area contributed by atoms with Crippen molar-refractivity contribution >= 4 is 23.4 Å². The molecular formula is C14H14N4O. The van der Waals surface area contributed by atoms with Gasteiger partial charge in [-0.3, -0.25) is 4.79 Å². The Labute approximate surface area is 110 Å². The summed E-state index contributed by atoms with van der Waals surface area (Å²) in [6, 6.07) is 10.8. The molecule has 6 N–H and O–H groups in total. The molecule has 0 saturated heterocycles. The maximum atomic E-state index is 11.5. The van der Waals surface area contributed by atoms with Crippen molar-refractivity contribution < 1.29 is 4.79 Å². The number of carbonyl (C=O) groups is 1. The molecule has 0 aliphatic rings. The molecular weight excluding hydrogens is 240 g/mol. The molecule has 0 aliphatic heterocycles. The van der Waals surface area contributed by atoms with E-state index in [9.17, 15) is 4.79 Å². The second-order valence-electron chi connectivity index (χ2n) is 3.97. The highest BCUT2D eigenvalue weighted by molar-refractivity contribution is 6.19. The van der Waals surface area contributed by atoms with Gasteiger partial charge in [0.05, 0.1) is 5.57 Å². The van der Waals surface area contributed by atoms with Crippen LogP contribution in [0.2, 0.25) is 0 Å². The lowest BCUT2D eigenvalue weighted by molar-refractivity contribution is -0.114. The summed E-state index contributed by atoms with van der Waals surface area (Å²) < 4.78 is 0. The van der Waals surface area contributed by atoms with Gasteiger partial charge in [0, 0.05) is 34.9 Å². The highest BCUT2D eigenvalue weighted by Crippen LogP contribution is 2.29. The van der Waals surface area contributed by atoms with E-state index in [4.69, 9.17) is 16.9 Å². The Bertz CT molecular complexity index is 641. The summed E-state index contributed by atoms with van der Waals surface area (Å²) in [4.78, 5) is 14.5. The molecule has 1 aromatic carbocycles. The van der Waals surface area contributed by atoms with Crippen LogP contribution in [0.25, 0.3) is 5.57 Å². The molecule has 0 atom stereocenters. The third kappa shape index (κ3) is 2.40. The third-order valence-corrected chi connectivity index (χ3v) is 2.78. The molecule has 1 amide bonds. The first-order valence-corrected chi connectivity index (χ1v) is 5.68. The van der Waals surface area contributed by atoms with Crippen LogP contribution in [0.4, 0.5) is 5.69 Å². The van der Waals surface area contributed by atoms with Crippen LogP contribution in [0, 0.1) is 5.41 Å². The average Bonchev–Trinajstić information content (AvgIpc) is 2.90. The number of amides is 1. The molecule has 0 saturated carbocycles. The molecule has 0 radical (unpaired) electrons. The fourth-order valence-electron chi connectivity index (χ4n) is 1.91.